The lowest BCUT2D eigenvalue weighted by Gasteiger charge is -1.97. The van der Waals surface area contributed by atoms with Crippen molar-refractivity contribution in [3.63, 3.8) is 0 Å². The van der Waals surface area contributed by atoms with Crippen LogP contribution in [0.1, 0.15) is 32.4 Å². The zero-order chi connectivity index (χ0) is 10.8. The van der Waals surface area contributed by atoms with Crippen LogP contribution in [0.4, 0.5) is 0 Å². The minimum absolute atomic E-state index is 0. The molecule has 0 saturated heterocycles. The Balaban J connectivity index is 0. The summed E-state index contributed by atoms with van der Waals surface area (Å²) in [6, 6.07) is 0. The summed E-state index contributed by atoms with van der Waals surface area (Å²) >= 11 is 0. The van der Waals surface area contributed by atoms with Crippen LogP contribution in [0, 0.1) is 0 Å². The number of nitrogens with zero attached hydrogens (tertiary/aromatic N) is 2. The van der Waals surface area contributed by atoms with Crippen LogP contribution < -0.4 is 17.6 Å². The van der Waals surface area contributed by atoms with Gasteiger partial charge in [-0.3, -0.25) is 0 Å². The Kier molecular flexibility index (Phi) is 11.1. The Labute approximate surface area is 90.7 Å². The lowest BCUT2D eigenvalue weighted by molar-refractivity contribution is 0.776. The van der Waals surface area contributed by atoms with Crippen molar-refractivity contribution in [2.75, 3.05) is 0 Å². The van der Waals surface area contributed by atoms with Gasteiger partial charge in [0.1, 0.15) is 0 Å². The molecule has 1 rings (SSSR count). The van der Waals surface area contributed by atoms with Gasteiger partial charge in [0.15, 0.2) is 0 Å². The zero-order valence-corrected chi connectivity index (χ0v) is 9.53. The average molecular weight is 214 g/mol. The monoisotopic (exact) mass is 214 g/mol. The van der Waals surface area contributed by atoms with Crippen molar-refractivity contribution in [1.29, 1.82) is 0 Å². The zero-order valence-electron chi connectivity index (χ0n) is 9.53. The lowest BCUT2D eigenvalue weighted by Crippen LogP contribution is -2.01. The molecule has 0 bridgehead atoms. The first-order chi connectivity index (χ1) is 6.83. The molecular weight excluding hydrogens is 192 g/mol. The summed E-state index contributed by atoms with van der Waals surface area (Å²) in [5.74, 6) is 0. The SMILES string of the molecule is CC.N.N/C=C(\N)CCCc1cn[nH]n1. The third-order valence-electron chi connectivity index (χ3n) is 1.58. The first-order valence-electron chi connectivity index (χ1n) is 4.84. The van der Waals surface area contributed by atoms with E-state index in [1.54, 1.807) is 6.20 Å². The predicted molar refractivity (Wildman–Crippen MR) is 62.1 cm³/mol. The number of aromatic nitrogens is 3. The molecule has 6 nitrogen and oxygen atoms in total. The van der Waals surface area contributed by atoms with Gasteiger partial charge in [-0.1, -0.05) is 13.8 Å². The maximum atomic E-state index is 5.50. The topological polar surface area (TPSA) is 129 Å². The van der Waals surface area contributed by atoms with Gasteiger partial charge in [-0.15, -0.1) is 0 Å². The van der Waals surface area contributed by atoms with Crippen molar-refractivity contribution in [1.82, 2.24) is 21.6 Å². The average Bonchev–Trinajstić information content (AvgIpc) is 2.73. The molecule has 88 valence electrons. The molecule has 15 heavy (non-hydrogen) atoms. The predicted octanol–water partition coefficient (Wildman–Crippen LogP) is 1.07. The second-order valence-corrected chi connectivity index (χ2v) is 2.56. The highest BCUT2D eigenvalue weighted by Crippen LogP contribution is 2.02. The van der Waals surface area contributed by atoms with Crippen molar-refractivity contribution >= 4 is 0 Å². The van der Waals surface area contributed by atoms with Gasteiger partial charge in [0, 0.05) is 11.9 Å². The van der Waals surface area contributed by atoms with Gasteiger partial charge in [-0.2, -0.15) is 15.4 Å². The summed E-state index contributed by atoms with van der Waals surface area (Å²) < 4.78 is 0. The molecule has 0 amide bonds. The van der Waals surface area contributed by atoms with Crippen molar-refractivity contribution in [3.05, 3.63) is 23.8 Å². The Morgan fingerprint density at radius 2 is 2.20 bits per heavy atom. The van der Waals surface area contributed by atoms with Crippen LogP contribution >= 0.6 is 0 Å². The summed E-state index contributed by atoms with van der Waals surface area (Å²) in [6.07, 6.45) is 5.78. The number of rotatable bonds is 4. The van der Waals surface area contributed by atoms with E-state index in [2.05, 4.69) is 15.4 Å². The highest BCUT2D eigenvalue weighted by Gasteiger charge is 1.96. The summed E-state index contributed by atoms with van der Waals surface area (Å²) in [5.41, 5.74) is 12.4. The smallest absolute Gasteiger partial charge is 0.0824 e. The van der Waals surface area contributed by atoms with E-state index in [0.29, 0.717) is 0 Å². The molecule has 1 heterocycles. The van der Waals surface area contributed by atoms with E-state index < -0.39 is 0 Å². The van der Waals surface area contributed by atoms with E-state index in [1.165, 1.54) is 6.20 Å². The second kappa shape index (κ2) is 10.5. The van der Waals surface area contributed by atoms with Crippen LogP contribution in [0.5, 0.6) is 0 Å². The first-order valence-corrected chi connectivity index (χ1v) is 4.84. The summed E-state index contributed by atoms with van der Waals surface area (Å²) in [4.78, 5) is 0. The molecule has 8 N–H and O–H groups in total. The molecule has 0 aliphatic heterocycles. The Hall–Kier alpha value is -1.56. The Bertz CT molecular complexity index is 241. The fourth-order valence-electron chi connectivity index (χ4n) is 0.903. The molecule has 1 aromatic rings. The Morgan fingerprint density at radius 3 is 2.67 bits per heavy atom. The third-order valence-corrected chi connectivity index (χ3v) is 1.58. The molecule has 0 spiro atoms. The summed E-state index contributed by atoms with van der Waals surface area (Å²) in [6.45, 7) is 4.00. The highest BCUT2D eigenvalue weighted by molar-refractivity contribution is 4.95. The number of aromatic amines is 1. The van der Waals surface area contributed by atoms with E-state index in [1.807, 2.05) is 13.8 Å². The van der Waals surface area contributed by atoms with Gasteiger partial charge in [0.25, 0.3) is 0 Å². The minimum Gasteiger partial charge on any atom is -0.403 e. The first kappa shape index (κ1) is 15.9. The van der Waals surface area contributed by atoms with Crippen molar-refractivity contribution in [3.8, 4) is 0 Å². The van der Waals surface area contributed by atoms with E-state index in [-0.39, 0.29) is 6.15 Å². The van der Waals surface area contributed by atoms with Crippen LogP contribution in [0.2, 0.25) is 0 Å². The number of aryl methyl sites for hydroxylation is 1. The van der Waals surface area contributed by atoms with Crippen LogP contribution in [-0.2, 0) is 6.42 Å². The molecule has 1 aromatic heterocycles. The number of nitrogens with one attached hydrogen (secondary N) is 1. The largest absolute Gasteiger partial charge is 0.403 e. The van der Waals surface area contributed by atoms with Crippen LogP contribution in [0.25, 0.3) is 0 Å². The quantitative estimate of drug-likeness (QED) is 0.596. The molecule has 0 aliphatic rings. The van der Waals surface area contributed by atoms with Gasteiger partial charge >= 0.3 is 0 Å². The summed E-state index contributed by atoms with van der Waals surface area (Å²) in [5, 5.41) is 10.2. The fraction of sp³-hybridized carbons (Fsp3) is 0.556. The van der Waals surface area contributed by atoms with E-state index in [9.17, 15) is 0 Å². The van der Waals surface area contributed by atoms with Crippen molar-refractivity contribution in [2.24, 2.45) is 11.5 Å². The minimum atomic E-state index is 0. The highest BCUT2D eigenvalue weighted by atomic mass is 15.3. The number of nitrogens with two attached hydrogens (primary N) is 2. The summed E-state index contributed by atoms with van der Waals surface area (Å²) in [7, 11) is 0. The van der Waals surface area contributed by atoms with Crippen molar-refractivity contribution in [2.45, 2.75) is 33.1 Å². The second-order valence-electron chi connectivity index (χ2n) is 2.56. The molecule has 0 fully saturated rings. The number of H-pyrrole nitrogens is 1. The Morgan fingerprint density at radius 1 is 1.53 bits per heavy atom. The van der Waals surface area contributed by atoms with Gasteiger partial charge in [0.05, 0.1) is 11.9 Å². The standard InChI is InChI=1S/C7H13N5.C2H6.H3N/c8-4-6(9)2-1-3-7-5-10-12-11-7;1-2;/h4-5H,1-3,8-9H2,(H,10,11,12);1-2H3;1H3/b6-4-;;. The molecule has 0 aliphatic carbocycles. The fourth-order valence-corrected chi connectivity index (χ4v) is 0.903. The van der Waals surface area contributed by atoms with Gasteiger partial charge in [-0.05, 0) is 19.3 Å². The van der Waals surface area contributed by atoms with Crippen LogP contribution in [0.15, 0.2) is 18.1 Å². The molecule has 0 radical (unpaired) electrons. The maximum absolute atomic E-state index is 5.50. The normalized spacial score (nSPS) is 9.87. The number of allylic oxidation sites excluding steroid dienone is 1. The number of hydrogen-bond donors (Lipinski definition) is 4. The number of hydrogen-bond acceptors (Lipinski definition) is 5. The maximum Gasteiger partial charge on any atom is 0.0824 e. The molecule has 0 aromatic carbocycles. The van der Waals surface area contributed by atoms with Gasteiger partial charge in [-0.25, -0.2) is 0 Å². The third kappa shape index (κ3) is 7.51. The van der Waals surface area contributed by atoms with Crippen LogP contribution in [0.3, 0.4) is 0 Å². The van der Waals surface area contributed by atoms with Crippen molar-refractivity contribution < 1.29 is 0 Å². The van der Waals surface area contributed by atoms with E-state index in [0.717, 1.165) is 30.7 Å². The lowest BCUT2D eigenvalue weighted by atomic mass is 10.2. The molecule has 6 heteroatoms. The molecule has 0 saturated carbocycles. The van der Waals surface area contributed by atoms with E-state index >= 15 is 0 Å². The van der Waals surface area contributed by atoms with Gasteiger partial charge < -0.3 is 17.6 Å². The van der Waals surface area contributed by atoms with Crippen LogP contribution in [-0.4, -0.2) is 15.4 Å². The molecular formula is C9H22N6. The van der Waals surface area contributed by atoms with E-state index in [4.69, 9.17) is 11.5 Å². The molecule has 0 atom stereocenters. The van der Waals surface area contributed by atoms with Gasteiger partial charge in [0.2, 0.25) is 0 Å². The molecule has 0 unspecified atom stereocenters.